The van der Waals surface area contributed by atoms with Crippen molar-refractivity contribution in [3.8, 4) is 22.8 Å². The third kappa shape index (κ3) is 4.74. The summed E-state index contributed by atoms with van der Waals surface area (Å²) < 4.78 is 12.7. The quantitative estimate of drug-likeness (QED) is 0.445. The summed E-state index contributed by atoms with van der Waals surface area (Å²) in [5.41, 5.74) is 2.93. The van der Waals surface area contributed by atoms with E-state index in [1.807, 2.05) is 48.2 Å². The van der Waals surface area contributed by atoms with Gasteiger partial charge in [0.2, 0.25) is 11.7 Å². The molecular weight excluding hydrogens is 422 g/mol. The summed E-state index contributed by atoms with van der Waals surface area (Å²) >= 11 is 0. The minimum atomic E-state index is -0.0381. The number of nitrogens with zero attached hydrogens (tertiary/aromatic N) is 7. The largest absolute Gasteiger partial charge is 0.484 e. The number of carbonyl (C=O) groups is 1. The number of benzene rings is 2. The first-order valence-corrected chi connectivity index (χ1v) is 10.8. The Morgan fingerprint density at radius 2 is 1.85 bits per heavy atom. The van der Waals surface area contributed by atoms with Crippen LogP contribution in [0, 0.1) is 6.92 Å². The minimum absolute atomic E-state index is 0.00692. The number of likely N-dealkylation sites (tertiary alicyclic amines) is 1. The predicted octanol–water partition coefficient (Wildman–Crippen LogP) is 2.81. The van der Waals surface area contributed by atoms with Crippen LogP contribution in [0.2, 0.25) is 0 Å². The van der Waals surface area contributed by atoms with Gasteiger partial charge in [0.1, 0.15) is 12.1 Å². The lowest BCUT2D eigenvalue weighted by Gasteiger charge is -2.30. The van der Waals surface area contributed by atoms with Crippen molar-refractivity contribution in [3.63, 3.8) is 0 Å². The highest BCUT2D eigenvalue weighted by molar-refractivity contribution is 5.77. The molecular formula is C23H23N7O3. The molecule has 0 spiro atoms. The molecule has 2 aromatic carbocycles. The summed E-state index contributed by atoms with van der Waals surface area (Å²) in [7, 11) is 0. The van der Waals surface area contributed by atoms with E-state index in [0.29, 0.717) is 30.6 Å². The van der Waals surface area contributed by atoms with Crippen LogP contribution in [-0.2, 0) is 4.79 Å². The first-order chi connectivity index (χ1) is 16.2. The van der Waals surface area contributed by atoms with Gasteiger partial charge >= 0.3 is 0 Å². The first-order valence-electron chi connectivity index (χ1n) is 10.8. The average Bonchev–Trinajstić information content (AvgIpc) is 3.56. The van der Waals surface area contributed by atoms with Gasteiger partial charge in [-0.2, -0.15) is 4.98 Å². The van der Waals surface area contributed by atoms with E-state index in [1.54, 1.807) is 16.8 Å². The van der Waals surface area contributed by atoms with Crippen LogP contribution in [0.4, 0.5) is 0 Å². The zero-order valence-corrected chi connectivity index (χ0v) is 18.2. The SMILES string of the molecule is Cc1ccc(-c2noc(C3CCN(C(=O)COc4ccc(-n5cnnn5)cc4)CC3)n2)cc1. The van der Waals surface area contributed by atoms with Gasteiger partial charge in [-0.05, 0) is 54.5 Å². The van der Waals surface area contributed by atoms with Crippen LogP contribution in [0.25, 0.3) is 17.1 Å². The number of tetrazole rings is 1. The molecule has 0 saturated carbocycles. The molecule has 0 radical (unpaired) electrons. The summed E-state index contributed by atoms with van der Waals surface area (Å²) in [6.45, 7) is 3.30. The van der Waals surface area contributed by atoms with Crippen LogP contribution in [0.5, 0.6) is 5.75 Å². The number of piperidine rings is 1. The molecule has 1 amide bonds. The van der Waals surface area contributed by atoms with Gasteiger partial charge in [-0.1, -0.05) is 35.0 Å². The van der Waals surface area contributed by atoms with Gasteiger partial charge in [0.25, 0.3) is 5.91 Å². The lowest BCUT2D eigenvalue weighted by Crippen LogP contribution is -2.40. The first kappa shape index (κ1) is 20.8. The Kier molecular flexibility index (Phi) is 5.79. The van der Waals surface area contributed by atoms with Gasteiger partial charge in [-0.15, -0.1) is 5.10 Å². The van der Waals surface area contributed by atoms with Crippen molar-refractivity contribution < 1.29 is 14.1 Å². The summed E-state index contributed by atoms with van der Waals surface area (Å²) in [5.74, 6) is 1.97. The fraction of sp³-hybridized carbons (Fsp3) is 0.304. The Hall–Kier alpha value is -4.08. The van der Waals surface area contributed by atoms with E-state index in [0.717, 1.165) is 24.1 Å². The van der Waals surface area contributed by atoms with Crippen LogP contribution in [0.1, 0.15) is 30.2 Å². The summed E-state index contributed by atoms with van der Waals surface area (Å²) in [6.07, 6.45) is 3.07. The van der Waals surface area contributed by atoms with Crippen molar-refractivity contribution >= 4 is 5.91 Å². The fourth-order valence-electron chi connectivity index (χ4n) is 3.81. The Labute approximate surface area is 190 Å². The van der Waals surface area contributed by atoms with E-state index in [9.17, 15) is 4.79 Å². The maximum Gasteiger partial charge on any atom is 0.260 e. The summed E-state index contributed by atoms with van der Waals surface area (Å²) in [4.78, 5) is 19.0. The van der Waals surface area contributed by atoms with Crippen molar-refractivity contribution in [1.29, 1.82) is 0 Å². The lowest BCUT2D eigenvalue weighted by atomic mass is 9.96. The second-order valence-corrected chi connectivity index (χ2v) is 8.01. The Morgan fingerprint density at radius 1 is 1.09 bits per heavy atom. The highest BCUT2D eigenvalue weighted by atomic mass is 16.5. The van der Waals surface area contributed by atoms with Crippen molar-refractivity contribution in [1.82, 2.24) is 35.2 Å². The number of aryl methyl sites for hydroxylation is 1. The van der Waals surface area contributed by atoms with E-state index in [1.165, 1.54) is 11.9 Å². The van der Waals surface area contributed by atoms with Gasteiger partial charge in [-0.3, -0.25) is 4.79 Å². The number of ether oxygens (including phenoxy) is 1. The van der Waals surface area contributed by atoms with Crippen LogP contribution in [0.3, 0.4) is 0 Å². The zero-order valence-electron chi connectivity index (χ0n) is 18.2. The van der Waals surface area contributed by atoms with E-state index in [-0.39, 0.29) is 18.4 Å². The van der Waals surface area contributed by atoms with Gasteiger partial charge in [0.15, 0.2) is 6.61 Å². The molecule has 1 aliphatic heterocycles. The molecule has 0 bridgehead atoms. The fourth-order valence-corrected chi connectivity index (χ4v) is 3.81. The Morgan fingerprint density at radius 3 is 2.55 bits per heavy atom. The third-order valence-corrected chi connectivity index (χ3v) is 5.76. The van der Waals surface area contributed by atoms with Crippen LogP contribution >= 0.6 is 0 Å². The molecule has 5 rings (SSSR count). The second kappa shape index (κ2) is 9.19. The molecule has 2 aromatic heterocycles. The van der Waals surface area contributed by atoms with Crippen LogP contribution < -0.4 is 4.74 Å². The minimum Gasteiger partial charge on any atom is -0.484 e. The molecule has 0 atom stereocenters. The predicted molar refractivity (Wildman–Crippen MR) is 118 cm³/mol. The lowest BCUT2D eigenvalue weighted by molar-refractivity contribution is -0.134. The van der Waals surface area contributed by atoms with Crippen LogP contribution in [0.15, 0.2) is 59.4 Å². The number of aromatic nitrogens is 6. The van der Waals surface area contributed by atoms with Gasteiger partial charge in [-0.25, -0.2) is 4.68 Å². The second-order valence-electron chi connectivity index (χ2n) is 8.01. The zero-order chi connectivity index (χ0) is 22.6. The number of hydrogen-bond acceptors (Lipinski definition) is 8. The average molecular weight is 445 g/mol. The summed E-state index contributed by atoms with van der Waals surface area (Å²) in [5, 5.41) is 15.2. The maximum absolute atomic E-state index is 12.6. The molecule has 1 aliphatic rings. The van der Waals surface area contributed by atoms with E-state index >= 15 is 0 Å². The molecule has 10 nitrogen and oxygen atoms in total. The van der Waals surface area contributed by atoms with Crippen molar-refractivity contribution in [3.05, 3.63) is 66.3 Å². The molecule has 10 heteroatoms. The number of carbonyl (C=O) groups excluding carboxylic acids is 1. The molecule has 4 aromatic rings. The topological polar surface area (TPSA) is 112 Å². The summed E-state index contributed by atoms with van der Waals surface area (Å²) in [6, 6.07) is 15.3. The monoisotopic (exact) mass is 445 g/mol. The molecule has 0 unspecified atom stereocenters. The van der Waals surface area contributed by atoms with E-state index in [4.69, 9.17) is 9.26 Å². The smallest absolute Gasteiger partial charge is 0.260 e. The Balaban J connectivity index is 1.11. The van der Waals surface area contributed by atoms with Crippen molar-refractivity contribution in [2.75, 3.05) is 19.7 Å². The standard InChI is InChI=1S/C23H23N7O3/c1-16-2-4-17(5-3-16)22-25-23(33-26-22)18-10-12-29(13-11-18)21(31)14-32-20-8-6-19(7-9-20)30-15-24-27-28-30/h2-9,15,18H,10-14H2,1H3. The third-order valence-electron chi connectivity index (χ3n) is 5.76. The number of amides is 1. The van der Waals surface area contributed by atoms with Gasteiger partial charge in [0, 0.05) is 24.6 Å². The molecule has 1 saturated heterocycles. The number of hydrogen-bond donors (Lipinski definition) is 0. The van der Waals surface area contributed by atoms with E-state index < -0.39 is 0 Å². The van der Waals surface area contributed by atoms with Gasteiger partial charge in [0.05, 0.1) is 5.69 Å². The number of rotatable bonds is 6. The molecule has 0 aliphatic carbocycles. The molecule has 3 heterocycles. The van der Waals surface area contributed by atoms with Crippen molar-refractivity contribution in [2.24, 2.45) is 0 Å². The molecule has 33 heavy (non-hydrogen) atoms. The highest BCUT2D eigenvalue weighted by Crippen LogP contribution is 2.28. The Bertz CT molecular complexity index is 1200. The van der Waals surface area contributed by atoms with E-state index in [2.05, 4.69) is 25.7 Å². The normalized spacial score (nSPS) is 14.4. The molecule has 168 valence electrons. The van der Waals surface area contributed by atoms with Crippen LogP contribution in [-0.4, -0.2) is 60.9 Å². The molecule has 0 N–H and O–H groups in total. The van der Waals surface area contributed by atoms with Crippen molar-refractivity contribution in [2.45, 2.75) is 25.7 Å². The van der Waals surface area contributed by atoms with Gasteiger partial charge < -0.3 is 14.2 Å². The highest BCUT2D eigenvalue weighted by Gasteiger charge is 2.27. The molecule has 1 fully saturated rings. The maximum atomic E-state index is 12.6.